The van der Waals surface area contributed by atoms with Gasteiger partial charge in [0.05, 0.1) is 11.0 Å². The number of rotatable bonds is 7. The second kappa shape index (κ2) is 8.85. The minimum Gasteiger partial charge on any atom is -0.382 e. The first-order valence-electron chi connectivity index (χ1n) is 11.1. The van der Waals surface area contributed by atoms with Gasteiger partial charge in [-0.05, 0) is 30.5 Å². The molecule has 0 spiro atoms. The molecule has 3 aromatic heterocycles. The summed E-state index contributed by atoms with van der Waals surface area (Å²) in [5.74, 6) is 2.86. The molecule has 0 amide bonds. The van der Waals surface area contributed by atoms with E-state index in [1.54, 1.807) is 6.20 Å². The molecule has 0 atom stereocenters. The third-order valence-electron chi connectivity index (χ3n) is 5.93. The molecule has 160 valence electrons. The van der Waals surface area contributed by atoms with Crippen LogP contribution in [0.3, 0.4) is 0 Å². The fourth-order valence-electron chi connectivity index (χ4n) is 4.32. The van der Waals surface area contributed by atoms with Crippen LogP contribution in [0.5, 0.6) is 0 Å². The normalized spacial score (nSPS) is 14.7. The molecule has 7 heteroatoms. The number of hydrogen-bond acceptors (Lipinski definition) is 6. The lowest BCUT2D eigenvalue weighted by atomic mass is 10.0. The lowest BCUT2D eigenvalue weighted by Crippen LogP contribution is -2.19. The fraction of sp³-hybridized carbons (Fsp3) is 0.375. The van der Waals surface area contributed by atoms with Crippen molar-refractivity contribution in [1.29, 1.82) is 0 Å². The van der Waals surface area contributed by atoms with Crippen molar-refractivity contribution in [2.75, 3.05) is 24.6 Å². The van der Waals surface area contributed by atoms with E-state index >= 15 is 0 Å². The highest BCUT2D eigenvalue weighted by molar-refractivity contribution is 7.97. The van der Waals surface area contributed by atoms with Gasteiger partial charge in [0, 0.05) is 55.2 Å². The van der Waals surface area contributed by atoms with Gasteiger partial charge in [-0.25, -0.2) is 14.3 Å². The first-order chi connectivity index (χ1) is 15.2. The molecule has 4 heterocycles. The van der Waals surface area contributed by atoms with Gasteiger partial charge in [-0.3, -0.25) is 4.98 Å². The highest BCUT2D eigenvalue weighted by Gasteiger charge is 2.19. The lowest BCUT2D eigenvalue weighted by Gasteiger charge is -2.16. The standard InChI is InChI=1S/C24H28N6S/c1-2-3-7-21-28-22-23(30(21)13-12-29-11-5-14-31-29)19-9-8-17(15-20(19)27-24(22)25)18-6-4-10-26-16-18/h4,6,8-10,15-16H,2-3,5,7,11-14H2,1H3,(H2,25,27). The Morgan fingerprint density at radius 1 is 1.13 bits per heavy atom. The summed E-state index contributed by atoms with van der Waals surface area (Å²) in [4.78, 5) is 13.9. The lowest BCUT2D eigenvalue weighted by molar-refractivity contribution is 0.457. The van der Waals surface area contributed by atoms with Gasteiger partial charge in [0.2, 0.25) is 0 Å². The van der Waals surface area contributed by atoms with E-state index in [-0.39, 0.29) is 0 Å². The maximum absolute atomic E-state index is 6.43. The van der Waals surface area contributed by atoms with Crippen LogP contribution in [-0.4, -0.2) is 42.7 Å². The molecule has 0 saturated carbocycles. The first-order valence-corrected chi connectivity index (χ1v) is 12.1. The number of nitrogens with zero attached hydrogens (tertiary/aromatic N) is 5. The van der Waals surface area contributed by atoms with E-state index in [1.165, 1.54) is 18.7 Å². The van der Waals surface area contributed by atoms with Crippen LogP contribution >= 0.6 is 11.9 Å². The monoisotopic (exact) mass is 432 g/mol. The van der Waals surface area contributed by atoms with Gasteiger partial charge in [-0.2, -0.15) is 0 Å². The molecule has 0 bridgehead atoms. The number of nitrogen functional groups attached to an aromatic ring is 1. The molecule has 31 heavy (non-hydrogen) atoms. The summed E-state index contributed by atoms with van der Waals surface area (Å²) in [7, 11) is 0. The van der Waals surface area contributed by atoms with E-state index in [0.717, 1.165) is 71.2 Å². The maximum atomic E-state index is 6.43. The first kappa shape index (κ1) is 20.3. The number of aryl methyl sites for hydroxylation is 1. The van der Waals surface area contributed by atoms with Crippen LogP contribution in [0.15, 0.2) is 42.7 Å². The molecule has 1 saturated heterocycles. The maximum Gasteiger partial charge on any atom is 0.152 e. The smallest absolute Gasteiger partial charge is 0.152 e. The summed E-state index contributed by atoms with van der Waals surface area (Å²) in [5.41, 5.74) is 11.5. The van der Waals surface area contributed by atoms with E-state index in [2.05, 4.69) is 45.0 Å². The van der Waals surface area contributed by atoms with Crippen LogP contribution in [0.1, 0.15) is 32.0 Å². The Labute approximate surface area is 187 Å². The van der Waals surface area contributed by atoms with E-state index in [9.17, 15) is 0 Å². The van der Waals surface area contributed by atoms with Crippen LogP contribution in [0.4, 0.5) is 5.82 Å². The van der Waals surface area contributed by atoms with Gasteiger partial charge in [0.15, 0.2) is 5.82 Å². The van der Waals surface area contributed by atoms with E-state index in [1.807, 2.05) is 24.2 Å². The quantitative estimate of drug-likeness (QED) is 0.418. The van der Waals surface area contributed by atoms with Gasteiger partial charge in [0.1, 0.15) is 11.3 Å². The SMILES string of the molecule is CCCCc1nc2c(N)nc3cc(-c4cccnc4)ccc3c2n1CCN1CCCS1. The van der Waals surface area contributed by atoms with Crippen molar-refractivity contribution < 1.29 is 0 Å². The van der Waals surface area contributed by atoms with Crippen molar-refractivity contribution in [3.05, 3.63) is 48.5 Å². The second-order valence-corrected chi connectivity index (χ2v) is 9.25. The summed E-state index contributed by atoms with van der Waals surface area (Å²) in [5, 5.41) is 1.11. The predicted octanol–water partition coefficient (Wildman–Crippen LogP) is 4.93. The van der Waals surface area contributed by atoms with Crippen molar-refractivity contribution in [1.82, 2.24) is 23.8 Å². The number of benzene rings is 1. The van der Waals surface area contributed by atoms with Crippen molar-refractivity contribution in [3.63, 3.8) is 0 Å². The summed E-state index contributed by atoms with van der Waals surface area (Å²) >= 11 is 1.96. The molecule has 6 nitrogen and oxygen atoms in total. The number of fused-ring (bicyclic) bond motifs is 3. The highest BCUT2D eigenvalue weighted by atomic mass is 32.2. The predicted molar refractivity (Wildman–Crippen MR) is 130 cm³/mol. The topological polar surface area (TPSA) is 72.9 Å². The van der Waals surface area contributed by atoms with Gasteiger partial charge in [-0.15, -0.1) is 0 Å². The summed E-state index contributed by atoms with van der Waals surface area (Å²) in [6, 6.07) is 10.4. The molecule has 0 unspecified atom stereocenters. The average Bonchev–Trinajstić information content (AvgIpc) is 3.45. The molecule has 1 fully saturated rings. The Hall–Kier alpha value is -2.64. The van der Waals surface area contributed by atoms with Gasteiger partial charge in [-0.1, -0.05) is 43.5 Å². The average molecular weight is 433 g/mol. The summed E-state index contributed by atoms with van der Waals surface area (Å²) < 4.78 is 4.87. The van der Waals surface area contributed by atoms with Crippen molar-refractivity contribution in [2.24, 2.45) is 0 Å². The third-order valence-corrected chi connectivity index (χ3v) is 7.13. The van der Waals surface area contributed by atoms with Crippen LogP contribution in [0, 0.1) is 0 Å². The molecule has 0 aliphatic carbocycles. The van der Waals surface area contributed by atoms with Crippen LogP contribution < -0.4 is 5.73 Å². The highest BCUT2D eigenvalue weighted by Crippen LogP contribution is 2.32. The minimum absolute atomic E-state index is 0.512. The van der Waals surface area contributed by atoms with E-state index in [4.69, 9.17) is 15.7 Å². The molecule has 1 aliphatic rings. The molecule has 4 aromatic rings. The number of aromatic nitrogens is 4. The Kier molecular flexibility index (Phi) is 5.78. The largest absolute Gasteiger partial charge is 0.382 e. The summed E-state index contributed by atoms with van der Waals surface area (Å²) in [6.45, 7) is 5.33. The zero-order valence-corrected chi connectivity index (χ0v) is 18.7. The molecular weight excluding hydrogens is 404 g/mol. The van der Waals surface area contributed by atoms with Crippen molar-refractivity contribution in [3.8, 4) is 11.1 Å². The summed E-state index contributed by atoms with van der Waals surface area (Å²) in [6.07, 6.45) is 8.18. The number of pyridine rings is 2. The van der Waals surface area contributed by atoms with Crippen molar-refractivity contribution >= 4 is 39.7 Å². The minimum atomic E-state index is 0.512. The van der Waals surface area contributed by atoms with Crippen LogP contribution in [0.2, 0.25) is 0 Å². The number of hydrogen-bond donors (Lipinski definition) is 1. The van der Waals surface area contributed by atoms with E-state index < -0.39 is 0 Å². The van der Waals surface area contributed by atoms with Gasteiger partial charge < -0.3 is 10.3 Å². The zero-order chi connectivity index (χ0) is 21.2. The molecule has 1 aromatic carbocycles. The molecule has 2 N–H and O–H groups in total. The Morgan fingerprint density at radius 3 is 2.84 bits per heavy atom. The molecule has 0 radical (unpaired) electrons. The van der Waals surface area contributed by atoms with Crippen LogP contribution in [-0.2, 0) is 13.0 Å². The Bertz CT molecular complexity index is 1200. The zero-order valence-electron chi connectivity index (χ0n) is 17.9. The number of unbranched alkanes of at least 4 members (excludes halogenated alkanes) is 1. The van der Waals surface area contributed by atoms with Gasteiger partial charge >= 0.3 is 0 Å². The number of anilines is 1. The third kappa shape index (κ3) is 4.00. The van der Waals surface area contributed by atoms with Gasteiger partial charge in [0.25, 0.3) is 0 Å². The fourth-order valence-corrected chi connectivity index (χ4v) is 5.31. The molecular formula is C24H28N6S. The Balaban J connectivity index is 1.63. The second-order valence-electron chi connectivity index (χ2n) is 8.07. The Morgan fingerprint density at radius 2 is 2.06 bits per heavy atom. The van der Waals surface area contributed by atoms with Crippen LogP contribution in [0.25, 0.3) is 33.1 Å². The number of imidazole rings is 1. The molecule has 5 rings (SSSR count). The molecule has 1 aliphatic heterocycles. The number of nitrogens with two attached hydrogens (primary N) is 1. The van der Waals surface area contributed by atoms with E-state index in [0.29, 0.717) is 5.82 Å². The van der Waals surface area contributed by atoms with Crippen molar-refractivity contribution in [2.45, 2.75) is 39.2 Å².